The zero-order valence-corrected chi connectivity index (χ0v) is 16.7. The summed E-state index contributed by atoms with van der Waals surface area (Å²) in [5.74, 6) is 0.687. The second-order valence-corrected chi connectivity index (χ2v) is 7.16. The molecule has 27 heavy (non-hydrogen) atoms. The lowest BCUT2D eigenvalue weighted by atomic mass is 10.2. The van der Waals surface area contributed by atoms with E-state index in [9.17, 15) is 4.21 Å². The van der Waals surface area contributed by atoms with E-state index in [-0.39, 0.29) is 0 Å². The van der Waals surface area contributed by atoms with E-state index in [1.807, 2.05) is 69.6 Å². The monoisotopic (exact) mass is 381 g/mol. The van der Waals surface area contributed by atoms with Crippen molar-refractivity contribution >= 4 is 22.0 Å². The van der Waals surface area contributed by atoms with E-state index in [0.29, 0.717) is 10.6 Å². The molecule has 140 valence electrons. The van der Waals surface area contributed by atoms with Crippen molar-refractivity contribution in [3.63, 3.8) is 0 Å². The van der Waals surface area contributed by atoms with E-state index in [2.05, 4.69) is 9.97 Å². The predicted octanol–water partition coefficient (Wildman–Crippen LogP) is 4.95. The molecule has 3 heterocycles. The van der Waals surface area contributed by atoms with Crippen molar-refractivity contribution in [1.82, 2.24) is 13.9 Å². The number of benzene rings is 1. The van der Waals surface area contributed by atoms with E-state index >= 15 is 0 Å². The maximum Gasteiger partial charge on any atom is 0.157 e. The Labute approximate surface area is 161 Å². The van der Waals surface area contributed by atoms with Crippen molar-refractivity contribution in [2.24, 2.45) is 0 Å². The summed E-state index contributed by atoms with van der Waals surface area (Å²) in [5.41, 5.74) is 3.68. The first-order valence-corrected chi connectivity index (χ1v) is 9.95. The van der Waals surface area contributed by atoms with Crippen LogP contribution in [0.4, 0.5) is 0 Å². The van der Waals surface area contributed by atoms with Crippen molar-refractivity contribution in [2.75, 3.05) is 7.11 Å². The maximum absolute atomic E-state index is 13.1. The van der Waals surface area contributed by atoms with Crippen LogP contribution in [0.25, 0.3) is 22.3 Å². The van der Waals surface area contributed by atoms with Crippen LogP contribution in [0.15, 0.2) is 66.0 Å². The molecule has 0 radical (unpaired) electrons. The van der Waals surface area contributed by atoms with E-state index in [1.54, 1.807) is 23.3 Å². The largest absolute Gasteiger partial charge is 0.497 e. The number of hydrogen-bond acceptors (Lipinski definition) is 3. The molecular formula is C21H23N3O2S. The summed E-state index contributed by atoms with van der Waals surface area (Å²) in [6, 6.07) is 13.4. The summed E-state index contributed by atoms with van der Waals surface area (Å²) in [6.45, 7) is 5.99. The van der Waals surface area contributed by atoms with Gasteiger partial charge in [0.15, 0.2) is 11.0 Å². The number of hydrogen-bond donors (Lipinski definition) is 1. The number of pyridine rings is 1. The summed E-state index contributed by atoms with van der Waals surface area (Å²) in [6.07, 6.45) is 5.55. The Hall–Kier alpha value is -2.86. The fraction of sp³-hybridized carbons (Fsp3) is 0.190. The minimum atomic E-state index is -1.37. The van der Waals surface area contributed by atoms with Crippen LogP contribution in [-0.4, -0.2) is 25.3 Å². The van der Waals surface area contributed by atoms with Gasteiger partial charge in [-0.05, 0) is 48.9 Å². The van der Waals surface area contributed by atoms with Gasteiger partial charge < -0.3 is 9.72 Å². The molecule has 0 saturated carbocycles. The minimum Gasteiger partial charge on any atom is -0.497 e. The zero-order valence-electron chi connectivity index (χ0n) is 15.9. The van der Waals surface area contributed by atoms with Crippen LogP contribution in [0.5, 0.6) is 5.75 Å². The van der Waals surface area contributed by atoms with Crippen molar-refractivity contribution in [3.8, 4) is 17.0 Å². The molecule has 0 bridgehead atoms. The van der Waals surface area contributed by atoms with Crippen LogP contribution < -0.4 is 4.74 Å². The molecule has 0 aliphatic heterocycles. The second kappa shape index (κ2) is 8.22. The Bertz CT molecular complexity index is 1080. The number of methoxy groups -OCH3 is 1. The van der Waals surface area contributed by atoms with Crippen LogP contribution in [0.3, 0.4) is 0 Å². The second-order valence-electron chi connectivity index (χ2n) is 5.80. The summed E-state index contributed by atoms with van der Waals surface area (Å²) in [5, 5.41) is 1.02. The molecule has 4 aromatic rings. The quantitative estimate of drug-likeness (QED) is 0.544. The molecule has 1 atom stereocenters. The number of rotatable bonds is 4. The van der Waals surface area contributed by atoms with E-state index in [4.69, 9.17) is 4.74 Å². The Morgan fingerprint density at radius 3 is 2.74 bits per heavy atom. The Morgan fingerprint density at radius 2 is 1.96 bits per heavy atom. The van der Waals surface area contributed by atoms with Gasteiger partial charge in [-0.2, -0.15) is 0 Å². The predicted molar refractivity (Wildman–Crippen MR) is 110 cm³/mol. The van der Waals surface area contributed by atoms with Crippen LogP contribution in [0.2, 0.25) is 0 Å². The molecule has 0 saturated heterocycles. The standard InChI is InChI=1S/C19H17N3O2S.C2H6/c1-13-8-18(15-9-14-6-7-20-19(14)21-11-15)22(12-13)25(23)17-5-3-4-16(10-17)24-2;1-2/h3-12H,1-2H3,(H,20,21);1-2H3. The minimum absolute atomic E-state index is 0.687. The molecule has 0 spiro atoms. The normalized spacial score (nSPS) is 11.7. The highest BCUT2D eigenvalue weighted by atomic mass is 32.2. The zero-order chi connectivity index (χ0) is 19.4. The lowest BCUT2D eigenvalue weighted by molar-refractivity contribution is 0.413. The van der Waals surface area contributed by atoms with Crippen LogP contribution in [0, 0.1) is 6.92 Å². The highest BCUT2D eigenvalue weighted by molar-refractivity contribution is 7.83. The van der Waals surface area contributed by atoms with Gasteiger partial charge in [0.1, 0.15) is 11.4 Å². The van der Waals surface area contributed by atoms with Gasteiger partial charge in [0.05, 0.1) is 17.7 Å². The number of H-pyrrole nitrogens is 1. The molecule has 1 N–H and O–H groups in total. The van der Waals surface area contributed by atoms with Gasteiger partial charge in [0.25, 0.3) is 0 Å². The molecule has 0 fully saturated rings. The maximum atomic E-state index is 13.1. The number of fused-ring (bicyclic) bond motifs is 1. The number of aromatic amines is 1. The van der Waals surface area contributed by atoms with Gasteiger partial charge in [0.2, 0.25) is 0 Å². The van der Waals surface area contributed by atoms with Crippen molar-refractivity contribution < 1.29 is 8.95 Å². The fourth-order valence-corrected chi connectivity index (χ4v) is 4.06. The number of aromatic nitrogens is 3. The van der Waals surface area contributed by atoms with E-state index in [1.165, 1.54) is 0 Å². The molecule has 6 heteroatoms. The van der Waals surface area contributed by atoms with Gasteiger partial charge in [-0.1, -0.05) is 19.9 Å². The van der Waals surface area contributed by atoms with Crippen LogP contribution >= 0.6 is 0 Å². The average Bonchev–Trinajstić information content (AvgIpc) is 3.34. The van der Waals surface area contributed by atoms with Crippen LogP contribution in [-0.2, 0) is 11.0 Å². The average molecular weight is 382 g/mol. The third kappa shape index (κ3) is 3.80. The van der Waals surface area contributed by atoms with Crippen molar-refractivity contribution in [2.45, 2.75) is 25.7 Å². The van der Waals surface area contributed by atoms with Gasteiger partial charge >= 0.3 is 0 Å². The van der Waals surface area contributed by atoms with Crippen LogP contribution in [0.1, 0.15) is 19.4 Å². The summed E-state index contributed by atoms with van der Waals surface area (Å²) in [7, 11) is 0.229. The summed E-state index contributed by atoms with van der Waals surface area (Å²) in [4.78, 5) is 8.21. The summed E-state index contributed by atoms with van der Waals surface area (Å²) < 4.78 is 20.1. The van der Waals surface area contributed by atoms with Crippen molar-refractivity contribution in [1.29, 1.82) is 0 Å². The highest BCUT2D eigenvalue weighted by Crippen LogP contribution is 2.27. The molecule has 0 aliphatic carbocycles. The topological polar surface area (TPSA) is 59.9 Å². The molecule has 3 aromatic heterocycles. The molecule has 5 nitrogen and oxygen atoms in total. The van der Waals surface area contributed by atoms with Gasteiger partial charge in [-0.3, -0.25) is 3.97 Å². The number of ether oxygens (including phenoxy) is 1. The lowest BCUT2D eigenvalue weighted by Crippen LogP contribution is -2.05. The van der Waals surface area contributed by atoms with Crippen molar-refractivity contribution in [3.05, 3.63) is 66.6 Å². The third-order valence-electron chi connectivity index (χ3n) is 4.04. The molecular weight excluding hydrogens is 358 g/mol. The number of aryl methyl sites for hydroxylation is 1. The molecule has 0 amide bonds. The first kappa shape index (κ1) is 18.9. The van der Waals surface area contributed by atoms with Gasteiger partial charge in [0, 0.05) is 29.5 Å². The van der Waals surface area contributed by atoms with E-state index < -0.39 is 11.0 Å². The fourth-order valence-electron chi connectivity index (χ4n) is 2.82. The number of nitrogens with one attached hydrogen (secondary N) is 1. The van der Waals surface area contributed by atoms with E-state index in [0.717, 1.165) is 27.9 Å². The highest BCUT2D eigenvalue weighted by Gasteiger charge is 2.15. The first-order chi connectivity index (χ1) is 13.2. The number of nitrogens with zero attached hydrogens (tertiary/aromatic N) is 2. The Morgan fingerprint density at radius 1 is 1.15 bits per heavy atom. The molecule has 0 aliphatic rings. The Kier molecular flexibility index (Phi) is 5.76. The summed E-state index contributed by atoms with van der Waals surface area (Å²) >= 11 is 0. The molecule has 4 rings (SSSR count). The Balaban J connectivity index is 0.00000102. The molecule has 1 unspecified atom stereocenters. The lowest BCUT2D eigenvalue weighted by Gasteiger charge is -2.10. The van der Waals surface area contributed by atoms with Gasteiger partial charge in [-0.25, -0.2) is 9.19 Å². The third-order valence-corrected chi connectivity index (χ3v) is 5.36. The van der Waals surface area contributed by atoms with Gasteiger partial charge in [-0.15, -0.1) is 0 Å². The first-order valence-electron chi connectivity index (χ1n) is 8.84. The smallest absolute Gasteiger partial charge is 0.157 e. The molecule has 1 aromatic carbocycles. The SMILES string of the molecule is CC.COc1cccc(S(=O)n2cc(C)cc2-c2cnc3[nH]ccc3c2)c1.